The SMILES string of the molecule is Cn1c(CCl)cnc1SCc1cccc(F)c1Cl. The molecule has 0 bridgehead atoms. The van der Waals surface area contributed by atoms with Crippen molar-refractivity contribution in [3.05, 3.63) is 46.5 Å². The summed E-state index contributed by atoms with van der Waals surface area (Å²) in [6, 6.07) is 4.81. The lowest BCUT2D eigenvalue weighted by Crippen LogP contribution is -1.96. The number of nitrogens with zero attached hydrogens (tertiary/aromatic N) is 2. The molecule has 6 heteroatoms. The topological polar surface area (TPSA) is 17.8 Å². The average molecular weight is 305 g/mol. The third-order valence-corrected chi connectivity index (χ3v) is 4.36. The summed E-state index contributed by atoms with van der Waals surface area (Å²) in [7, 11) is 1.90. The van der Waals surface area contributed by atoms with Crippen LogP contribution in [0.2, 0.25) is 5.02 Å². The first-order valence-corrected chi connectivity index (χ1v) is 7.15. The van der Waals surface area contributed by atoms with Crippen LogP contribution in [-0.4, -0.2) is 9.55 Å². The Morgan fingerprint density at radius 1 is 1.44 bits per heavy atom. The molecule has 2 nitrogen and oxygen atoms in total. The van der Waals surface area contributed by atoms with Crippen molar-refractivity contribution in [3.63, 3.8) is 0 Å². The van der Waals surface area contributed by atoms with Crippen LogP contribution in [0.1, 0.15) is 11.3 Å². The van der Waals surface area contributed by atoms with Crippen molar-refractivity contribution in [2.24, 2.45) is 7.05 Å². The van der Waals surface area contributed by atoms with Gasteiger partial charge in [-0.05, 0) is 11.6 Å². The zero-order valence-electron chi connectivity index (χ0n) is 9.66. The van der Waals surface area contributed by atoms with E-state index in [1.807, 2.05) is 17.7 Å². The highest BCUT2D eigenvalue weighted by atomic mass is 35.5. The lowest BCUT2D eigenvalue weighted by Gasteiger charge is -2.06. The summed E-state index contributed by atoms with van der Waals surface area (Å²) in [5.41, 5.74) is 1.71. The molecule has 0 aliphatic carbocycles. The highest BCUT2D eigenvalue weighted by Crippen LogP contribution is 2.27. The Bertz CT molecular complexity index is 557. The number of thioether (sulfide) groups is 1. The molecule has 0 aliphatic rings. The number of alkyl halides is 1. The van der Waals surface area contributed by atoms with E-state index >= 15 is 0 Å². The lowest BCUT2D eigenvalue weighted by atomic mass is 10.2. The van der Waals surface area contributed by atoms with Gasteiger partial charge in [0, 0.05) is 12.8 Å². The molecule has 0 fully saturated rings. The summed E-state index contributed by atoms with van der Waals surface area (Å²) in [5.74, 6) is 0.601. The van der Waals surface area contributed by atoms with E-state index in [1.165, 1.54) is 17.8 Å². The van der Waals surface area contributed by atoms with Gasteiger partial charge in [-0.2, -0.15) is 0 Å². The first kappa shape index (κ1) is 13.7. The molecule has 0 saturated heterocycles. The summed E-state index contributed by atoms with van der Waals surface area (Å²) in [6.45, 7) is 0. The van der Waals surface area contributed by atoms with Gasteiger partial charge in [0.15, 0.2) is 5.16 Å². The summed E-state index contributed by atoms with van der Waals surface area (Å²) < 4.78 is 15.2. The monoisotopic (exact) mass is 304 g/mol. The van der Waals surface area contributed by atoms with Gasteiger partial charge in [-0.25, -0.2) is 9.37 Å². The molecule has 0 radical (unpaired) electrons. The molecule has 1 heterocycles. The van der Waals surface area contributed by atoms with Gasteiger partial charge in [-0.1, -0.05) is 35.5 Å². The van der Waals surface area contributed by atoms with Gasteiger partial charge in [-0.15, -0.1) is 11.6 Å². The number of hydrogen-bond donors (Lipinski definition) is 0. The van der Waals surface area contributed by atoms with Gasteiger partial charge in [0.25, 0.3) is 0 Å². The molecular weight excluding hydrogens is 294 g/mol. The minimum absolute atomic E-state index is 0.178. The summed E-state index contributed by atoms with van der Waals surface area (Å²) >= 11 is 13.2. The van der Waals surface area contributed by atoms with E-state index < -0.39 is 5.82 Å². The Morgan fingerprint density at radius 2 is 2.22 bits per heavy atom. The zero-order chi connectivity index (χ0) is 13.1. The first-order chi connectivity index (χ1) is 8.63. The van der Waals surface area contributed by atoms with Crippen LogP contribution in [-0.2, 0) is 18.7 Å². The second-order valence-electron chi connectivity index (χ2n) is 3.73. The van der Waals surface area contributed by atoms with E-state index in [2.05, 4.69) is 4.98 Å². The third-order valence-electron chi connectivity index (χ3n) is 2.57. The molecule has 96 valence electrons. The van der Waals surface area contributed by atoms with Crippen LogP contribution < -0.4 is 0 Å². The third kappa shape index (κ3) is 2.82. The summed E-state index contributed by atoms with van der Waals surface area (Å²) in [6.07, 6.45) is 1.74. The standard InChI is InChI=1S/C12H11Cl2FN2S/c1-17-9(5-13)6-16-12(17)18-7-8-3-2-4-10(15)11(8)14/h2-4,6H,5,7H2,1H3. The first-order valence-electron chi connectivity index (χ1n) is 5.25. The Hall–Kier alpha value is -0.710. The quantitative estimate of drug-likeness (QED) is 0.621. The van der Waals surface area contributed by atoms with Crippen LogP contribution >= 0.6 is 35.0 Å². The Labute approximate surface area is 119 Å². The van der Waals surface area contributed by atoms with Gasteiger partial charge in [-0.3, -0.25) is 0 Å². The average Bonchev–Trinajstić information content (AvgIpc) is 2.72. The molecule has 0 amide bonds. The number of halogens is 3. The smallest absolute Gasteiger partial charge is 0.168 e. The summed E-state index contributed by atoms with van der Waals surface area (Å²) in [5, 5.41) is 1.02. The molecule has 2 rings (SSSR count). The number of aromatic nitrogens is 2. The molecular formula is C12H11Cl2FN2S. The van der Waals surface area contributed by atoms with Gasteiger partial charge >= 0.3 is 0 Å². The highest BCUT2D eigenvalue weighted by molar-refractivity contribution is 7.98. The van der Waals surface area contributed by atoms with Crippen LogP contribution in [0.3, 0.4) is 0 Å². The second-order valence-corrected chi connectivity index (χ2v) is 5.31. The van der Waals surface area contributed by atoms with E-state index in [-0.39, 0.29) is 5.02 Å². The van der Waals surface area contributed by atoms with Gasteiger partial charge in [0.2, 0.25) is 0 Å². The van der Waals surface area contributed by atoms with E-state index in [4.69, 9.17) is 23.2 Å². The van der Waals surface area contributed by atoms with Crippen LogP contribution in [0.5, 0.6) is 0 Å². The van der Waals surface area contributed by atoms with Crippen molar-refractivity contribution in [1.82, 2.24) is 9.55 Å². The molecule has 1 aromatic carbocycles. The van der Waals surface area contributed by atoms with Gasteiger partial charge < -0.3 is 4.57 Å². The Kier molecular flexibility index (Phi) is 4.54. The van der Waals surface area contributed by atoms with Gasteiger partial charge in [0.1, 0.15) is 5.82 Å². The predicted octanol–water partition coefficient (Wildman–Crippen LogP) is 4.24. The lowest BCUT2D eigenvalue weighted by molar-refractivity contribution is 0.627. The largest absolute Gasteiger partial charge is 0.325 e. The maximum atomic E-state index is 13.3. The second kappa shape index (κ2) is 5.95. The molecule has 0 aliphatic heterocycles. The van der Waals surface area contributed by atoms with Crippen LogP contribution in [0.15, 0.2) is 29.6 Å². The van der Waals surface area contributed by atoms with Crippen molar-refractivity contribution >= 4 is 35.0 Å². The van der Waals surface area contributed by atoms with Crippen LogP contribution in [0.25, 0.3) is 0 Å². The highest BCUT2D eigenvalue weighted by Gasteiger charge is 2.09. The van der Waals surface area contributed by atoms with E-state index in [0.717, 1.165) is 16.4 Å². The van der Waals surface area contributed by atoms with E-state index in [0.29, 0.717) is 11.6 Å². The fourth-order valence-corrected chi connectivity index (χ4v) is 2.97. The molecule has 0 spiro atoms. The Morgan fingerprint density at radius 3 is 2.89 bits per heavy atom. The maximum absolute atomic E-state index is 13.3. The van der Waals surface area contributed by atoms with Crippen LogP contribution in [0.4, 0.5) is 4.39 Å². The molecule has 18 heavy (non-hydrogen) atoms. The molecule has 0 atom stereocenters. The normalized spacial score (nSPS) is 10.9. The van der Waals surface area contributed by atoms with Crippen molar-refractivity contribution in [2.45, 2.75) is 16.8 Å². The summed E-state index contributed by atoms with van der Waals surface area (Å²) in [4.78, 5) is 4.26. The number of benzene rings is 1. The fourth-order valence-electron chi connectivity index (χ4n) is 1.49. The van der Waals surface area contributed by atoms with E-state index in [1.54, 1.807) is 12.3 Å². The predicted molar refractivity (Wildman–Crippen MR) is 73.7 cm³/mol. The number of hydrogen-bond acceptors (Lipinski definition) is 2. The van der Waals surface area contributed by atoms with Crippen molar-refractivity contribution in [1.29, 1.82) is 0 Å². The maximum Gasteiger partial charge on any atom is 0.168 e. The Balaban J connectivity index is 2.11. The van der Waals surface area contributed by atoms with Crippen molar-refractivity contribution in [3.8, 4) is 0 Å². The van der Waals surface area contributed by atoms with E-state index in [9.17, 15) is 4.39 Å². The molecule has 0 unspecified atom stereocenters. The van der Waals surface area contributed by atoms with Crippen LogP contribution in [0, 0.1) is 5.82 Å². The van der Waals surface area contributed by atoms with Gasteiger partial charge in [0.05, 0.1) is 22.8 Å². The minimum atomic E-state index is -0.393. The minimum Gasteiger partial charge on any atom is -0.325 e. The van der Waals surface area contributed by atoms with Crippen molar-refractivity contribution in [2.75, 3.05) is 0 Å². The van der Waals surface area contributed by atoms with Crippen molar-refractivity contribution < 1.29 is 4.39 Å². The fraction of sp³-hybridized carbons (Fsp3) is 0.250. The zero-order valence-corrected chi connectivity index (χ0v) is 12.0. The number of imidazole rings is 1. The molecule has 0 N–H and O–H groups in total. The number of rotatable bonds is 4. The molecule has 0 saturated carbocycles. The molecule has 2 aromatic rings. The molecule has 1 aromatic heterocycles.